The summed E-state index contributed by atoms with van der Waals surface area (Å²) in [6.07, 6.45) is -0.230. The molecule has 2 amide bonds. The second kappa shape index (κ2) is 19.6. The summed E-state index contributed by atoms with van der Waals surface area (Å²) in [7, 11) is 0. The Morgan fingerprint density at radius 2 is 1.52 bits per heavy atom. The summed E-state index contributed by atoms with van der Waals surface area (Å²) in [4.78, 5) is 37.8. The lowest BCUT2D eigenvalue weighted by Crippen LogP contribution is -2.39. The molecule has 15 heteroatoms. The summed E-state index contributed by atoms with van der Waals surface area (Å²) in [6.45, 7) is 1.33. The molecule has 0 heterocycles. The number of aliphatic hydroxyl groups is 1. The number of nitrogens with one attached hydrogen (secondary N) is 4. The van der Waals surface area contributed by atoms with Gasteiger partial charge < -0.3 is 45.7 Å². The summed E-state index contributed by atoms with van der Waals surface area (Å²) in [5, 5.41) is 24.4. The van der Waals surface area contributed by atoms with Gasteiger partial charge in [0.1, 0.15) is 6.61 Å². The van der Waals surface area contributed by atoms with Crippen molar-refractivity contribution in [2.24, 2.45) is 5.73 Å². The molecule has 2 rings (SSSR count). The number of amides is 2. The van der Waals surface area contributed by atoms with Crippen LogP contribution in [0, 0.1) is 5.41 Å². The molecule has 0 radical (unpaired) electrons. The Morgan fingerprint density at radius 3 is 2.14 bits per heavy atom. The third-order valence-corrected chi connectivity index (χ3v) is 5.71. The van der Waals surface area contributed by atoms with Gasteiger partial charge in [0.05, 0.1) is 65.3 Å². The van der Waals surface area contributed by atoms with E-state index in [0.717, 1.165) is 0 Å². The third-order valence-electron chi connectivity index (χ3n) is 5.28. The summed E-state index contributed by atoms with van der Waals surface area (Å²) < 4.78 is 21.0. The lowest BCUT2D eigenvalue weighted by atomic mass is 10.0. The Labute approximate surface area is 253 Å². The van der Waals surface area contributed by atoms with Crippen LogP contribution in [0.1, 0.15) is 28.4 Å². The number of carbonyl (C=O) groups is 3. The number of ether oxygens (including phenoxy) is 4. The van der Waals surface area contributed by atoms with Gasteiger partial charge in [0.2, 0.25) is 5.91 Å². The van der Waals surface area contributed by atoms with Crippen molar-refractivity contribution in [3.63, 3.8) is 0 Å². The molecule has 0 aliphatic carbocycles. The fourth-order valence-electron chi connectivity index (χ4n) is 3.48. The van der Waals surface area contributed by atoms with Crippen molar-refractivity contribution < 1.29 is 38.4 Å². The monoisotopic (exact) mass is 627 g/mol. The molecule has 1 atom stereocenters. The first-order valence-electron chi connectivity index (χ1n) is 12.9. The van der Waals surface area contributed by atoms with Crippen LogP contribution in [0.5, 0.6) is 0 Å². The van der Waals surface area contributed by atoms with Crippen molar-refractivity contribution in [2.45, 2.75) is 12.5 Å². The van der Waals surface area contributed by atoms with Gasteiger partial charge in [0, 0.05) is 21.3 Å². The zero-order valence-electron chi connectivity index (χ0n) is 22.8. The van der Waals surface area contributed by atoms with Crippen molar-refractivity contribution >= 4 is 52.6 Å². The van der Waals surface area contributed by atoms with Crippen LogP contribution in [0.15, 0.2) is 42.5 Å². The Bertz CT molecular complexity index is 1170. The van der Waals surface area contributed by atoms with Crippen molar-refractivity contribution in [1.82, 2.24) is 10.6 Å². The minimum Gasteiger partial charge on any atom is -0.463 e. The first-order chi connectivity index (χ1) is 20.2. The summed E-state index contributed by atoms with van der Waals surface area (Å²) in [5.41, 5.74) is 6.48. The van der Waals surface area contributed by atoms with Crippen LogP contribution in [0.4, 0.5) is 5.69 Å². The lowest BCUT2D eigenvalue weighted by Gasteiger charge is -2.19. The highest BCUT2D eigenvalue weighted by Crippen LogP contribution is 2.26. The van der Waals surface area contributed by atoms with Gasteiger partial charge in [0.25, 0.3) is 5.91 Å². The maximum Gasteiger partial charge on any atom is 0.308 e. The molecule has 0 saturated carbocycles. The normalized spacial score (nSPS) is 11.4. The largest absolute Gasteiger partial charge is 0.463 e. The number of benzene rings is 2. The molecule has 13 nitrogen and oxygen atoms in total. The van der Waals surface area contributed by atoms with E-state index >= 15 is 0 Å². The predicted octanol–water partition coefficient (Wildman–Crippen LogP) is 1.86. The Balaban J connectivity index is 1.84. The summed E-state index contributed by atoms with van der Waals surface area (Å²) in [6, 6.07) is 10.1. The van der Waals surface area contributed by atoms with Crippen LogP contribution in [-0.4, -0.2) is 88.2 Å². The van der Waals surface area contributed by atoms with Gasteiger partial charge in [0.15, 0.2) is 5.96 Å². The second-order valence-corrected chi connectivity index (χ2v) is 9.48. The van der Waals surface area contributed by atoms with Gasteiger partial charge in [-0.05, 0) is 42.0 Å². The number of aliphatic hydroxyl groups excluding tert-OH is 1. The summed E-state index contributed by atoms with van der Waals surface area (Å²) >= 11 is 12.3. The van der Waals surface area contributed by atoms with Crippen molar-refractivity contribution in [2.75, 3.05) is 64.7 Å². The van der Waals surface area contributed by atoms with Crippen LogP contribution in [0.25, 0.3) is 0 Å². The number of guanidine groups is 1. The van der Waals surface area contributed by atoms with E-state index in [-0.39, 0.29) is 50.9 Å². The van der Waals surface area contributed by atoms with Crippen LogP contribution in [0.2, 0.25) is 10.0 Å². The average molecular weight is 629 g/mol. The molecule has 0 aliphatic rings. The van der Waals surface area contributed by atoms with Gasteiger partial charge in [-0.25, -0.2) is 0 Å². The Kier molecular flexibility index (Phi) is 16.2. The van der Waals surface area contributed by atoms with Crippen LogP contribution >= 0.6 is 23.2 Å². The molecule has 0 spiro atoms. The van der Waals surface area contributed by atoms with E-state index in [9.17, 15) is 14.4 Å². The van der Waals surface area contributed by atoms with Crippen molar-refractivity contribution in [3.8, 4) is 0 Å². The Hall–Kier alpha value is -3.46. The van der Waals surface area contributed by atoms with E-state index in [0.29, 0.717) is 47.7 Å². The number of esters is 1. The number of halogens is 2. The fraction of sp³-hybridized carbons (Fsp3) is 0.407. The lowest BCUT2D eigenvalue weighted by molar-refractivity contribution is -0.146. The second-order valence-electron chi connectivity index (χ2n) is 8.61. The minimum atomic E-state index is -0.844. The number of anilines is 1. The standard InChI is InChI=1S/C27H35Cl2N5O8/c28-20-12-19(13-21(29)15-20)23(16-25(37)42-11-10-41-9-8-40-7-6-39-5-4-35)34-24(36)17-32-26(38)18-2-1-3-22(14-18)33-27(30)31/h1-3,12-15,23,35H,4-11,16-17H2,(H,32,38)(H,34,36)(H4,30,31,33). The smallest absolute Gasteiger partial charge is 0.308 e. The fourth-order valence-corrected chi connectivity index (χ4v) is 4.02. The molecule has 42 heavy (non-hydrogen) atoms. The zero-order valence-corrected chi connectivity index (χ0v) is 24.3. The maximum atomic E-state index is 12.7. The highest BCUT2D eigenvalue weighted by Gasteiger charge is 2.21. The molecule has 1 unspecified atom stereocenters. The zero-order chi connectivity index (χ0) is 30.7. The number of rotatable bonds is 19. The van der Waals surface area contributed by atoms with E-state index in [1.165, 1.54) is 18.2 Å². The first-order valence-corrected chi connectivity index (χ1v) is 13.7. The maximum absolute atomic E-state index is 12.7. The number of hydrogen-bond acceptors (Lipinski definition) is 9. The van der Waals surface area contributed by atoms with Crippen molar-refractivity contribution in [1.29, 1.82) is 5.41 Å². The number of hydrogen-bond donors (Lipinski definition) is 6. The number of nitrogens with two attached hydrogens (primary N) is 1. The van der Waals surface area contributed by atoms with Crippen LogP contribution in [-0.2, 0) is 28.5 Å². The van der Waals surface area contributed by atoms with E-state index in [1.54, 1.807) is 24.3 Å². The molecular formula is C27H35Cl2N5O8. The van der Waals surface area contributed by atoms with Crippen LogP contribution < -0.4 is 21.7 Å². The van der Waals surface area contributed by atoms with E-state index < -0.39 is 23.8 Å². The summed E-state index contributed by atoms with van der Waals surface area (Å²) in [5.74, 6) is -1.98. The van der Waals surface area contributed by atoms with Crippen LogP contribution in [0.3, 0.4) is 0 Å². The van der Waals surface area contributed by atoms with Crippen molar-refractivity contribution in [3.05, 3.63) is 63.6 Å². The molecule has 0 fully saturated rings. The highest BCUT2D eigenvalue weighted by molar-refractivity contribution is 6.34. The molecule has 2 aromatic rings. The molecule has 2 aromatic carbocycles. The molecule has 0 saturated heterocycles. The van der Waals surface area contributed by atoms with E-state index in [2.05, 4.69) is 16.0 Å². The average Bonchev–Trinajstić information content (AvgIpc) is 2.93. The SMILES string of the molecule is N=C(N)Nc1cccc(C(=O)NCC(=O)NC(CC(=O)OCCOCCOCCOCCO)c2cc(Cl)cc(Cl)c2)c1. The molecular weight excluding hydrogens is 593 g/mol. The molecule has 230 valence electrons. The van der Waals surface area contributed by atoms with Gasteiger partial charge in [-0.1, -0.05) is 29.3 Å². The van der Waals surface area contributed by atoms with E-state index in [4.69, 9.17) is 58.4 Å². The molecule has 7 N–H and O–H groups in total. The van der Waals surface area contributed by atoms with Gasteiger partial charge >= 0.3 is 5.97 Å². The highest BCUT2D eigenvalue weighted by atomic mass is 35.5. The Morgan fingerprint density at radius 1 is 0.905 bits per heavy atom. The van der Waals surface area contributed by atoms with Gasteiger partial charge in [-0.3, -0.25) is 19.8 Å². The third kappa shape index (κ3) is 14.4. The molecule has 0 bridgehead atoms. The minimum absolute atomic E-state index is 0.0109. The number of carbonyl (C=O) groups excluding carboxylic acids is 3. The first kappa shape index (κ1) is 34.7. The molecule has 0 aliphatic heterocycles. The van der Waals surface area contributed by atoms with Gasteiger partial charge in [-0.2, -0.15) is 0 Å². The predicted molar refractivity (Wildman–Crippen MR) is 157 cm³/mol. The molecule has 0 aromatic heterocycles. The van der Waals surface area contributed by atoms with E-state index in [1.807, 2.05) is 0 Å². The van der Waals surface area contributed by atoms with Gasteiger partial charge in [-0.15, -0.1) is 0 Å². The quantitative estimate of drug-likeness (QED) is 0.0579. The topological polar surface area (TPSA) is 194 Å².